The second-order valence-electron chi connectivity index (χ2n) is 10.1. The Labute approximate surface area is 246 Å². The molecule has 0 fully saturated rings. The zero-order chi connectivity index (χ0) is 31.5. The van der Waals surface area contributed by atoms with Gasteiger partial charge in [0.05, 0.1) is 18.5 Å². The number of nitrogens with one attached hydrogen (secondary N) is 5. The molecule has 16 heteroatoms. The molecule has 5 atom stereocenters. The van der Waals surface area contributed by atoms with Crippen molar-refractivity contribution in [2.24, 2.45) is 22.2 Å². The van der Waals surface area contributed by atoms with E-state index in [-0.39, 0.29) is 38.2 Å². The Morgan fingerprint density at radius 2 is 1.72 bits per heavy atom. The van der Waals surface area contributed by atoms with Crippen molar-refractivity contribution in [2.75, 3.05) is 6.54 Å². The topological polar surface area (TPSA) is 280 Å². The van der Waals surface area contributed by atoms with E-state index < -0.39 is 54.0 Å². The number of imidazole rings is 1. The molecule has 0 saturated carbocycles. The third-order valence-corrected chi connectivity index (χ3v) is 6.69. The minimum Gasteiger partial charge on any atom is -0.480 e. The number of carbonyl (C=O) groups excluding carboxylic acids is 3. The standard InChI is InChI=1S/C27H38N10O6/c1-14(38)22(25(41)35-20(26(42)43)7-4-8-32-27(29)30)37-24(40)21(10-16-12-31-13-34-16)36-23(39)18(28)9-15-11-33-19-6-3-2-5-17(15)19/h2-3,5-6,11-14,18,20-22,33,38H,4,7-10,28H2,1H3,(H,31,34)(H,35,41)(H,36,39)(H,37,40)(H,42,43)(H4,29,30,32). The number of aliphatic carboxylic acids is 1. The monoisotopic (exact) mass is 598 g/mol. The van der Waals surface area contributed by atoms with Gasteiger partial charge in [-0.3, -0.25) is 19.4 Å². The zero-order valence-corrected chi connectivity index (χ0v) is 23.6. The number of rotatable bonds is 16. The Morgan fingerprint density at radius 3 is 2.37 bits per heavy atom. The van der Waals surface area contributed by atoms with E-state index in [4.69, 9.17) is 17.2 Å². The molecule has 0 aliphatic rings. The molecule has 0 aliphatic carbocycles. The number of hydrogen-bond acceptors (Lipinski definition) is 8. The molecule has 0 saturated heterocycles. The first-order chi connectivity index (χ1) is 20.5. The average Bonchev–Trinajstić information content (AvgIpc) is 3.62. The number of aromatic nitrogens is 3. The van der Waals surface area contributed by atoms with Crippen molar-refractivity contribution in [2.45, 2.75) is 62.9 Å². The van der Waals surface area contributed by atoms with E-state index in [0.717, 1.165) is 16.5 Å². The van der Waals surface area contributed by atoms with Gasteiger partial charge >= 0.3 is 5.97 Å². The molecule has 5 unspecified atom stereocenters. The van der Waals surface area contributed by atoms with Gasteiger partial charge in [-0.15, -0.1) is 0 Å². The number of carboxylic acids is 1. The number of carboxylic acid groups (broad SMARTS) is 1. The molecule has 0 aliphatic heterocycles. The van der Waals surface area contributed by atoms with Crippen LogP contribution in [0.15, 0.2) is 48.0 Å². The highest BCUT2D eigenvalue weighted by molar-refractivity contribution is 5.94. The van der Waals surface area contributed by atoms with E-state index >= 15 is 0 Å². The second-order valence-corrected chi connectivity index (χ2v) is 10.1. The number of carbonyl (C=O) groups is 4. The summed E-state index contributed by atoms with van der Waals surface area (Å²) in [6.45, 7) is 1.41. The minimum absolute atomic E-state index is 0.00878. The minimum atomic E-state index is -1.53. The van der Waals surface area contributed by atoms with Gasteiger partial charge in [-0.25, -0.2) is 9.78 Å². The number of para-hydroxylation sites is 1. The smallest absolute Gasteiger partial charge is 0.326 e. The van der Waals surface area contributed by atoms with Gasteiger partial charge in [0, 0.05) is 42.0 Å². The molecule has 43 heavy (non-hydrogen) atoms. The number of nitrogens with zero attached hydrogens (tertiary/aromatic N) is 2. The lowest BCUT2D eigenvalue weighted by Gasteiger charge is -2.26. The predicted octanol–water partition coefficient (Wildman–Crippen LogP) is -2.02. The number of aliphatic imine (C=N–C) groups is 1. The maximum absolute atomic E-state index is 13.4. The van der Waals surface area contributed by atoms with Gasteiger partial charge < -0.3 is 53.3 Å². The molecule has 0 bridgehead atoms. The molecule has 16 nitrogen and oxygen atoms in total. The fourth-order valence-electron chi connectivity index (χ4n) is 4.42. The number of H-pyrrole nitrogens is 2. The van der Waals surface area contributed by atoms with Crippen molar-refractivity contribution in [1.29, 1.82) is 0 Å². The third kappa shape index (κ3) is 9.54. The highest BCUT2D eigenvalue weighted by atomic mass is 16.4. The van der Waals surface area contributed by atoms with Crippen molar-refractivity contribution < 1.29 is 29.4 Å². The van der Waals surface area contributed by atoms with Crippen LogP contribution >= 0.6 is 0 Å². The van der Waals surface area contributed by atoms with Gasteiger partial charge in [0.1, 0.15) is 18.1 Å². The lowest BCUT2D eigenvalue weighted by atomic mass is 10.0. The predicted molar refractivity (Wildman–Crippen MR) is 157 cm³/mol. The lowest BCUT2D eigenvalue weighted by Crippen LogP contribution is -2.60. The number of nitrogens with two attached hydrogens (primary N) is 3. The molecule has 3 aromatic rings. The Morgan fingerprint density at radius 1 is 1.00 bits per heavy atom. The number of amides is 3. The summed E-state index contributed by atoms with van der Waals surface area (Å²) in [5.41, 5.74) is 19.0. The molecule has 1 aromatic carbocycles. The second kappa shape index (κ2) is 15.3. The summed E-state index contributed by atoms with van der Waals surface area (Å²) in [7, 11) is 0. The Bertz CT molecular complexity index is 1420. The van der Waals surface area contributed by atoms with Gasteiger partial charge in [-0.05, 0) is 37.8 Å². The average molecular weight is 599 g/mol. The van der Waals surface area contributed by atoms with Crippen molar-refractivity contribution >= 4 is 40.6 Å². The van der Waals surface area contributed by atoms with Crippen LogP contribution in [0.1, 0.15) is 31.0 Å². The third-order valence-electron chi connectivity index (χ3n) is 6.69. The molecule has 0 radical (unpaired) electrons. The van der Waals surface area contributed by atoms with Crippen LogP contribution in [0.2, 0.25) is 0 Å². The zero-order valence-electron chi connectivity index (χ0n) is 23.6. The summed E-state index contributed by atoms with van der Waals surface area (Å²) in [5.74, 6) is -3.82. The number of fused-ring (bicyclic) bond motifs is 1. The molecule has 2 heterocycles. The van der Waals surface area contributed by atoms with Crippen molar-refractivity contribution in [3.05, 3.63) is 54.2 Å². The van der Waals surface area contributed by atoms with E-state index in [0.29, 0.717) is 5.69 Å². The normalized spacial score (nSPS) is 14.6. The fraction of sp³-hybridized carbons (Fsp3) is 0.407. The van der Waals surface area contributed by atoms with E-state index in [1.807, 2.05) is 24.3 Å². The molecule has 232 valence electrons. The van der Waals surface area contributed by atoms with Crippen LogP contribution in [0.3, 0.4) is 0 Å². The first-order valence-electron chi connectivity index (χ1n) is 13.6. The number of benzene rings is 1. The number of aliphatic hydroxyl groups excluding tert-OH is 1. The molecule has 3 rings (SSSR count). The van der Waals surface area contributed by atoms with E-state index in [1.165, 1.54) is 19.4 Å². The van der Waals surface area contributed by atoms with Crippen molar-refractivity contribution in [3.8, 4) is 0 Å². The van der Waals surface area contributed by atoms with Gasteiger partial charge in [0.25, 0.3) is 0 Å². The number of aromatic amines is 2. The van der Waals surface area contributed by atoms with Crippen LogP contribution in [0.5, 0.6) is 0 Å². The summed E-state index contributed by atoms with van der Waals surface area (Å²) in [6, 6.07) is 2.46. The quantitative estimate of drug-likeness (QED) is 0.0490. The first kappa shape index (κ1) is 32.6. The lowest BCUT2D eigenvalue weighted by molar-refractivity contribution is -0.143. The van der Waals surface area contributed by atoms with E-state index in [1.54, 1.807) is 6.20 Å². The molecular weight excluding hydrogens is 560 g/mol. The molecule has 3 amide bonds. The largest absolute Gasteiger partial charge is 0.480 e. The maximum Gasteiger partial charge on any atom is 0.326 e. The Hall–Kier alpha value is -4.96. The molecule has 0 spiro atoms. The summed E-state index contributed by atoms with van der Waals surface area (Å²) in [5, 5.41) is 28.1. The Balaban J connectivity index is 1.69. The highest BCUT2D eigenvalue weighted by Crippen LogP contribution is 2.19. The van der Waals surface area contributed by atoms with Crippen LogP contribution in [0.25, 0.3) is 10.9 Å². The highest BCUT2D eigenvalue weighted by Gasteiger charge is 2.33. The maximum atomic E-state index is 13.4. The van der Waals surface area contributed by atoms with E-state index in [9.17, 15) is 29.4 Å². The van der Waals surface area contributed by atoms with Crippen LogP contribution < -0.4 is 33.2 Å². The number of aliphatic hydroxyl groups is 1. The van der Waals surface area contributed by atoms with Gasteiger partial charge in [0.2, 0.25) is 17.7 Å². The van der Waals surface area contributed by atoms with Crippen molar-refractivity contribution in [1.82, 2.24) is 30.9 Å². The number of hydrogen-bond donors (Lipinski definition) is 10. The van der Waals surface area contributed by atoms with Gasteiger partial charge in [0.15, 0.2) is 5.96 Å². The summed E-state index contributed by atoms with van der Waals surface area (Å²) in [4.78, 5) is 64.9. The van der Waals surface area contributed by atoms with Crippen LogP contribution in [-0.4, -0.2) is 91.6 Å². The van der Waals surface area contributed by atoms with Gasteiger partial charge in [-0.2, -0.15) is 0 Å². The van der Waals surface area contributed by atoms with Crippen molar-refractivity contribution in [3.63, 3.8) is 0 Å². The van der Waals surface area contributed by atoms with Crippen LogP contribution in [0, 0.1) is 0 Å². The van der Waals surface area contributed by atoms with Crippen LogP contribution in [-0.2, 0) is 32.0 Å². The fourth-order valence-corrected chi connectivity index (χ4v) is 4.42. The first-order valence-corrected chi connectivity index (χ1v) is 13.6. The molecule has 13 N–H and O–H groups in total. The summed E-state index contributed by atoms with van der Waals surface area (Å²) >= 11 is 0. The van der Waals surface area contributed by atoms with E-state index in [2.05, 4.69) is 35.9 Å². The SMILES string of the molecule is CC(O)C(NC(=O)C(Cc1cnc[nH]1)NC(=O)C(N)Cc1c[nH]c2ccccc12)C(=O)NC(CCCN=C(N)N)C(=O)O. The van der Waals surface area contributed by atoms with Gasteiger partial charge in [-0.1, -0.05) is 18.2 Å². The van der Waals surface area contributed by atoms with Crippen LogP contribution in [0.4, 0.5) is 0 Å². The summed E-state index contributed by atoms with van der Waals surface area (Å²) in [6.07, 6.45) is 3.62. The molecular formula is C27H38N10O6. The summed E-state index contributed by atoms with van der Waals surface area (Å²) < 4.78 is 0. The molecule has 2 aromatic heterocycles. The Kier molecular flexibility index (Phi) is 11.6. The number of guanidine groups is 1.